The molecule has 1 atom stereocenters. The van der Waals surface area contributed by atoms with Crippen molar-refractivity contribution in [1.29, 1.82) is 0 Å². The number of rotatable bonds is 6. The van der Waals surface area contributed by atoms with Gasteiger partial charge in [-0.1, -0.05) is 18.7 Å². The van der Waals surface area contributed by atoms with Gasteiger partial charge < -0.3 is 29.2 Å². The van der Waals surface area contributed by atoms with Crippen LogP contribution in [-0.2, 0) is 30.8 Å². The summed E-state index contributed by atoms with van der Waals surface area (Å²) in [5.74, 6) is 1.47. The van der Waals surface area contributed by atoms with Crippen LogP contribution in [0.25, 0.3) is 0 Å². The Bertz CT molecular complexity index is 1210. The number of likely N-dealkylation sites (tertiary alicyclic amines) is 1. The molecule has 0 N–H and O–H groups in total. The Morgan fingerprint density at radius 2 is 1.84 bits per heavy atom. The zero-order chi connectivity index (χ0) is 26.2. The number of hydrogen-bond donors (Lipinski definition) is 0. The maximum atomic E-state index is 12.2. The lowest BCUT2D eigenvalue weighted by atomic mass is 9.98. The molecule has 5 heterocycles. The summed E-state index contributed by atoms with van der Waals surface area (Å²) in [5, 5.41) is 0. The molecule has 2 saturated heterocycles. The first kappa shape index (κ1) is 25.1. The van der Waals surface area contributed by atoms with Crippen molar-refractivity contribution in [3.8, 4) is 6.01 Å². The number of nitrogens with zero attached hydrogens (tertiary/aromatic N) is 7. The van der Waals surface area contributed by atoms with E-state index >= 15 is 0 Å². The normalized spacial score (nSPS) is 21.9. The molecule has 0 bridgehead atoms. The number of amides is 1. The van der Waals surface area contributed by atoms with Crippen LogP contribution < -0.4 is 14.5 Å². The highest BCUT2D eigenvalue weighted by atomic mass is 16.5. The quantitative estimate of drug-likeness (QED) is 0.540. The second-order valence-corrected chi connectivity index (χ2v) is 11.3. The van der Waals surface area contributed by atoms with Crippen molar-refractivity contribution in [1.82, 2.24) is 24.7 Å². The van der Waals surface area contributed by atoms with Gasteiger partial charge in [0.05, 0.1) is 18.8 Å². The van der Waals surface area contributed by atoms with Gasteiger partial charge in [0.1, 0.15) is 5.82 Å². The number of likely N-dealkylation sites (N-methyl/N-ethyl adjacent to an activating group) is 1. The van der Waals surface area contributed by atoms with E-state index in [1.165, 1.54) is 28.5 Å². The van der Waals surface area contributed by atoms with Gasteiger partial charge in [-0.25, -0.2) is 0 Å². The molecule has 9 nitrogen and oxygen atoms in total. The topological polar surface area (TPSA) is 68.3 Å². The Morgan fingerprint density at radius 1 is 1.00 bits per heavy atom. The molecule has 1 aromatic heterocycles. The van der Waals surface area contributed by atoms with Crippen LogP contribution in [-0.4, -0.2) is 97.1 Å². The number of aromatic nitrogens is 2. The predicted molar refractivity (Wildman–Crippen MR) is 148 cm³/mol. The van der Waals surface area contributed by atoms with Crippen LogP contribution >= 0.6 is 0 Å². The van der Waals surface area contributed by atoms with E-state index < -0.39 is 0 Å². The highest BCUT2D eigenvalue weighted by molar-refractivity contribution is 5.87. The summed E-state index contributed by atoms with van der Waals surface area (Å²) in [7, 11) is 4.36. The molecule has 38 heavy (non-hydrogen) atoms. The van der Waals surface area contributed by atoms with E-state index in [-0.39, 0.29) is 5.91 Å². The van der Waals surface area contributed by atoms with E-state index in [9.17, 15) is 4.79 Å². The molecule has 1 unspecified atom stereocenters. The third-order valence-electron chi connectivity index (χ3n) is 8.52. The van der Waals surface area contributed by atoms with Gasteiger partial charge in [0.15, 0.2) is 0 Å². The third-order valence-corrected chi connectivity index (χ3v) is 8.52. The standard InChI is InChI=1S/C29H39N7O2/c1-4-27(37)34-12-14-35(15-13-34)28-24-18-36(26-7-5-6-22-9-11-33(3)17-23(22)26)19-25(24)30-29(31-28)38-20-21-8-10-32(2)16-21/h4-7,21H,1,8-20H2,2-3H3. The Labute approximate surface area is 225 Å². The van der Waals surface area contributed by atoms with Gasteiger partial charge >= 0.3 is 6.01 Å². The average molecular weight is 518 g/mol. The number of carbonyl (C=O) groups is 1. The summed E-state index contributed by atoms with van der Waals surface area (Å²) in [6, 6.07) is 7.20. The number of hydrogen-bond acceptors (Lipinski definition) is 8. The summed E-state index contributed by atoms with van der Waals surface area (Å²) in [4.78, 5) is 33.5. The first-order valence-electron chi connectivity index (χ1n) is 13.9. The Hall–Kier alpha value is -3.17. The van der Waals surface area contributed by atoms with Gasteiger partial charge in [-0.15, -0.1) is 0 Å². The lowest BCUT2D eigenvalue weighted by molar-refractivity contribution is -0.126. The summed E-state index contributed by atoms with van der Waals surface area (Å²) >= 11 is 0. The smallest absolute Gasteiger partial charge is 0.318 e. The van der Waals surface area contributed by atoms with Crippen LogP contribution in [0.3, 0.4) is 0 Å². The number of anilines is 2. The molecule has 4 aliphatic heterocycles. The fourth-order valence-corrected chi connectivity index (χ4v) is 6.33. The molecule has 4 aliphatic rings. The highest BCUT2D eigenvalue weighted by Gasteiger charge is 2.32. The molecule has 0 radical (unpaired) electrons. The lowest BCUT2D eigenvalue weighted by Gasteiger charge is -2.35. The lowest BCUT2D eigenvalue weighted by Crippen LogP contribution is -2.48. The first-order valence-corrected chi connectivity index (χ1v) is 13.9. The second-order valence-electron chi connectivity index (χ2n) is 11.3. The molecule has 9 heteroatoms. The monoisotopic (exact) mass is 517 g/mol. The second kappa shape index (κ2) is 10.5. The SMILES string of the molecule is C=CC(=O)N1CCN(c2nc(OCC3CCN(C)C3)nc3c2CN(c2cccc4c2CN(C)CC4)C3)CC1. The van der Waals surface area contributed by atoms with Crippen molar-refractivity contribution in [3.63, 3.8) is 0 Å². The van der Waals surface area contributed by atoms with Crippen LogP contribution in [0.5, 0.6) is 6.01 Å². The van der Waals surface area contributed by atoms with Crippen LogP contribution in [0.4, 0.5) is 11.5 Å². The van der Waals surface area contributed by atoms with Crippen LogP contribution in [0.1, 0.15) is 28.8 Å². The summed E-state index contributed by atoms with van der Waals surface area (Å²) in [6.07, 6.45) is 3.64. The molecule has 1 amide bonds. The molecule has 6 rings (SSSR count). The number of carbonyl (C=O) groups excluding carboxylic acids is 1. The molecule has 2 aromatic rings. The first-order chi connectivity index (χ1) is 18.5. The minimum Gasteiger partial charge on any atom is -0.463 e. The molecular formula is C29H39N7O2. The molecule has 202 valence electrons. The van der Waals surface area contributed by atoms with Gasteiger partial charge in [0.25, 0.3) is 0 Å². The summed E-state index contributed by atoms with van der Waals surface area (Å²) in [6.45, 7) is 12.9. The van der Waals surface area contributed by atoms with Crippen molar-refractivity contribution in [2.75, 3.05) is 76.3 Å². The van der Waals surface area contributed by atoms with Crippen molar-refractivity contribution >= 4 is 17.4 Å². The Morgan fingerprint density at radius 3 is 2.61 bits per heavy atom. The number of ether oxygens (including phenoxy) is 1. The zero-order valence-electron chi connectivity index (χ0n) is 22.7. The van der Waals surface area contributed by atoms with E-state index in [0.717, 1.165) is 76.7 Å². The average Bonchev–Trinajstić information content (AvgIpc) is 3.56. The minimum absolute atomic E-state index is 0.00638. The largest absolute Gasteiger partial charge is 0.463 e. The maximum absolute atomic E-state index is 12.2. The van der Waals surface area contributed by atoms with E-state index in [2.05, 4.69) is 58.5 Å². The van der Waals surface area contributed by atoms with Gasteiger partial charge in [-0.05, 0) is 56.8 Å². The highest BCUT2D eigenvalue weighted by Crippen LogP contribution is 2.37. The van der Waals surface area contributed by atoms with Gasteiger partial charge in [0, 0.05) is 69.5 Å². The predicted octanol–water partition coefficient (Wildman–Crippen LogP) is 2.15. The van der Waals surface area contributed by atoms with Crippen molar-refractivity contribution in [2.45, 2.75) is 32.5 Å². The number of piperazine rings is 1. The number of benzene rings is 1. The summed E-state index contributed by atoms with van der Waals surface area (Å²) < 4.78 is 6.24. The molecule has 0 spiro atoms. The van der Waals surface area contributed by atoms with Crippen LogP contribution in [0.15, 0.2) is 30.9 Å². The van der Waals surface area contributed by atoms with Crippen LogP contribution in [0.2, 0.25) is 0 Å². The van der Waals surface area contributed by atoms with E-state index in [1.54, 1.807) is 0 Å². The van der Waals surface area contributed by atoms with Crippen molar-refractivity contribution < 1.29 is 9.53 Å². The van der Waals surface area contributed by atoms with Gasteiger partial charge in [0.2, 0.25) is 5.91 Å². The molecule has 2 fully saturated rings. The van der Waals surface area contributed by atoms with Gasteiger partial charge in [-0.2, -0.15) is 9.97 Å². The summed E-state index contributed by atoms with van der Waals surface area (Å²) in [5.41, 5.74) is 6.43. The molecule has 0 saturated carbocycles. The fourth-order valence-electron chi connectivity index (χ4n) is 6.33. The molecular weight excluding hydrogens is 478 g/mol. The Balaban J connectivity index is 1.27. The number of fused-ring (bicyclic) bond motifs is 2. The van der Waals surface area contributed by atoms with Gasteiger partial charge in [-0.3, -0.25) is 4.79 Å². The van der Waals surface area contributed by atoms with Crippen LogP contribution in [0, 0.1) is 5.92 Å². The molecule has 1 aromatic carbocycles. The van der Waals surface area contributed by atoms with E-state index in [0.29, 0.717) is 31.6 Å². The van der Waals surface area contributed by atoms with Crippen molar-refractivity contribution in [2.24, 2.45) is 5.92 Å². The third kappa shape index (κ3) is 4.97. The maximum Gasteiger partial charge on any atom is 0.318 e. The fraction of sp³-hybridized carbons (Fsp3) is 0.552. The zero-order valence-corrected chi connectivity index (χ0v) is 22.7. The van der Waals surface area contributed by atoms with E-state index in [4.69, 9.17) is 14.7 Å². The molecule has 0 aliphatic carbocycles. The minimum atomic E-state index is -0.00638. The van der Waals surface area contributed by atoms with E-state index in [1.807, 2.05) is 4.90 Å². The Kier molecular flexibility index (Phi) is 6.97. The van der Waals surface area contributed by atoms with Crippen molar-refractivity contribution in [3.05, 3.63) is 53.2 Å².